The number of hydrogen-bond donors (Lipinski definition) is 1. The molecular formula is C15H18FNO4. The molecule has 21 heavy (non-hydrogen) atoms. The van der Waals surface area contributed by atoms with Gasteiger partial charge in [0.2, 0.25) is 0 Å². The molecule has 1 amide bonds. The topological polar surface area (TPSA) is 66.8 Å². The van der Waals surface area contributed by atoms with E-state index < -0.39 is 11.9 Å². The molecule has 0 aromatic heterocycles. The molecule has 0 aromatic rings. The molecule has 2 rings (SSSR count). The summed E-state index contributed by atoms with van der Waals surface area (Å²) >= 11 is 0. The van der Waals surface area contributed by atoms with Crippen molar-refractivity contribution in [3.05, 3.63) is 35.4 Å². The van der Waals surface area contributed by atoms with E-state index in [2.05, 4.69) is 0 Å². The van der Waals surface area contributed by atoms with E-state index in [0.717, 1.165) is 0 Å². The molecule has 1 heterocycles. The van der Waals surface area contributed by atoms with Crippen molar-refractivity contribution >= 4 is 11.9 Å². The van der Waals surface area contributed by atoms with E-state index in [4.69, 9.17) is 4.74 Å². The zero-order valence-electron chi connectivity index (χ0n) is 11.8. The molecule has 6 heteroatoms. The molecule has 0 aromatic carbocycles. The largest absolute Gasteiger partial charge is 0.497 e. The Bertz CT molecular complexity index is 536. The summed E-state index contributed by atoms with van der Waals surface area (Å²) in [5.41, 5.74) is -0.287. The highest BCUT2D eigenvalue weighted by atomic mass is 19.1. The Kier molecular flexibility index (Phi) is 4.77. The predicted octanol–water partition coefficient (Wildman–Crippen LogP) is 2.02. The molecule has 0 saturated heterocycles. The van der Waals surface area contributed by atoms with E-state index in [9.17, 15) is 19.1 Å². The number of carbonyl (C=O) groups is 2. The average molecular weight is 295 g/mol. The molecule has 114 valence electrons. The van der Waals surface area contributed by atoms with Crippen LogP contribution in [-0.4, -0.2) is 41.6 Å². The predicted molar refractivity (Wildman–Crippen MR) is 73.9 cm³/mol. The number of aliphatic carboxylic acids is 1. The number of rotatable bonds is 5. The van der Waals surface area contributed by atoms with Crippen LogP contribution in [0.15, 0.2) is 35.4 Å². The van der Waals surface area contributed by atoms with Crippen LogP contribution in [0.4, 0.5) is 4.39 Å². The van der Waals surface area contributed by atoms with Crippen molar-refractivity contribution in [1.29, 1.82) is 0 Å². The van der Waals surface area contributed by atoms with Crippen LogP contribution in [-0.2, 0) is 14.3 Å². The number of amides is 1. The maximum Gasteiger partial charge on any atom is 0.344 e. The number of ether oxygens (including phenoxy) is 1. The first-order valence-corrected chi connectivity index (χ1v) is 6.95. The fourth-order valence-corrected chi connectivity index (χ4v) is 2.50. The Morgan fingerprint density at radius 2 is 2.33 bits per heavy atom. The third-order valence-corrected chi connectivity index (χ3v) is 3.52. The van der Waals surface area contributed by atoms with Crippen molar-refractivity contribution in [2.45, 2.75) is 19.8 Å². The van der Waals surface area contributed by atoms with Gasteiger partial charge in [-0.05, 0) is 31.4 Å². The van der Waals surface area contributed by atoms with Gasteiger partial charge in [0.05, 0.1) is 6.61 Å². The van der Waals surface area contributed by atoms with E-state index in [1.807, 2.05) is 0 Å². The van der Waals surface area contributed by atoms with Crippen LogP contribution in [0, 0.1) is 5.92 Å². The summed E-state index contributed by atoms with van der Waals surface area (Å²) in [6, 6.07) is 0. The first kappa shape index (κ1) is 15.3. The van der Waals surface area contributed by atoms with Gasteiger partial charge in [0.15, 0.2) is 5.57 Å². The van der Waals surface area contributed by atoms with Gasteiger partial charge >= 0.3 is 5.97 Å². The molecule has 0 bridgehead atoms. The smallest absolute Gasteiger partial charge is 0.344 e. The number of carboxylic acid groups (broad SMARTS) is 1. The lowest BCUT2D eigenvalue weighted by Gasteiger charge is -2.31. The van der Waals surface area contributed by atoms with Gasteiger partial charge in [-0.15, -0.1) is 0 Å². The lowest BCUT2D eigenvalue weighted by molar-refractivity contribution is -0.139. The minimum Gasteiger partial charge on any atom is -0.497 e. The van der Waals surface area contributed by atoms with E-state index in [1.54, 1.807) is 13.0 Å². The molecule has 0 radical (unpaired) electrons. The number of allylic oxidation sites excluding steroid dienone is 3. The lowest BCUT2D eigenvalue weighted by Crippen LogP contribution is -2.42. The molecule has 1 N–H and O–H groups in total. The monoisotopic (exact) mass is 295 g/mol. The fourth-order valence-electron chi connectivity index (χ4n) is 2.50. The summed E-state index contributed by atoms with van der Waals surface area (Å²) < 4.78 is 18.2. The van der Waals surface area contributed by atoms with E-state index in [-0.39, 0.29) is 23.1 Å². The van der Waals surface area contributed by atoms with Crippen molar-refractivity contribution in [3.63, 3.8) is 0 Å². The fraction of sp³-hybridized carbons (Fsp3) is 0.467. The quantitative estimate of drug-likeness (QED) is 0.788. The maximum atomic E-state index is 12.9. The van der Waals surface area contributed by atoms with Gasteiger partial charge in [-0.1, -0.05) is 6.08 Å². The third kappa shape index (κ3) is 3.51. The summed E-state index contributed by atoms with van der Waals surface area (Å²) in [5.74, 6) is -1.81. The highest BCUT2D eigenvalue weighted by molar-refractivity contribution is 6.16. The zero-order chi connectivity index (χ0) is 15.4. The number of carbonyl (C=O) groups excluding carboxylic acids is 1. The maximum absolute atomic E-state index is 12.9. The second-order valence-electron chi connectivity index (χ2n) is 4.98. The van der Waals surface area contributed by atoms with Crippen LogP contribution in [0.3, 0.4) is 0 Å². The van der Waals surface area contributed by atoms with Gasteiger partial charge in [-0.25, -0.2) is 9.18 Å². The second kappa shape index (κ2) is 6.56. The van der Waals surface area contributed by atoms with Crippen LogP contribution in [0.5, 0.6) is 0 Å². The van der Waals surface area contributed by atoms with E-state index >= 15 is 0 Å². The highest BCUT2D eigenvalue weighted by Gasteiger charge is 2.33. The SMILES string of the molecule is CCOC1=C(C(=O)O)C(=O)N(CC2C=CC(F)=CC2)CC1. The number of carboxylic acids is 1. The molecule has 0 fully saturated rings. The molecule has 2 aliphatic rings. The molecule has 1 aliphatic heterocycles. The summed E-state index contributed by atoms with van der Waals surface area (Å²) in [5, 5.41) is 9.21. The van der Waals surface area contributed by atoms with Crippen LogP contribution < -0.4 is 0 Å². The van der Waals surface area contributed by atoms with Crippen LogP contribution in [0.2, 0.25) is 0 Å². The Balaban J connectivity index is 2.09. The summed E-state index contributed by atoms with van der Waals surface area (Å²) in [6.07, 6.45) is 5.46. The Labute approximate surface area is 122 Å². The van der Waals surface area contributed by atoms with Crippen molar-refractivity contribution < 1.29 is 23.8 Å². The van der Waals surface area contributed by atoms with E-state index in [1.165, 1.54) is 17.1 Å². The average Bonchev–Trinajstić information content (AvgIpc) is 2.44. The second-order valence-corrected chi connectivity index (χ2v) is 4.98. The van der Waals surface area contributed by atoms with Crippen LogP contribution in [0.25, 0.3) is 0 Å². The van der Waals surface area contributed by atoms with Crippen LogP contribution in [0.1, 0.15) is 19.8 Å². The van der Waals surface area contributed by atoms with Gasteiger partial charge in [0, 0.05) is 19.5 Å². The number of halogens is 1. The van der Waals surface area contributed by atoms with Crippen LogP contribution >= 0.6 is 0 Å². The van der Waals surface area contributed by atoms with Crippen molar-refractivity contribution in [2.75, 3.05) is 19.7 Å². The normalized spacial score (nSPS) is 22.4. The summed E-state index contributed by atoms with van der Waals surface area (Å²) in [6.45, 7) is 2.88. The molecule has 1 atom stereocenters. The Morgan fingerprint density at radius 1 is 1.57 bits per heavy atom. The third-order valence-electron chi connectivity index (χ3n) is 3.52. The number of hydrogen-bond acceptors (Lipinski definition) is 3. The molecule has 1 aliphatic carbocycles. The Hall–Kier alpha value is -2.11. The van der Waals surface area contributed by atoms with Crippen molar-refractivity contribution in [1.82, 2.24) is 4.90 Å². The standard InChI is InChI=1S/C15H18FNO4/c1-2-21-12-7-8-17(14(18)13(12)15(19)20)9-10-3-5-11(16)6-4-10/h3,5-6,10H,2,4,7-9H2,1H3,(H,19,20). The minimum atomic E-state index is -1.27. The van der Waals surface area contributed by atoms with E-state index in [0.29, 0.717) is 32.5 Å². The summed E-state index contributed by atoms with van der Waals surface area (Å²) in [4.78, 5) is 25.1. The van der Waals surface area contributed by atoms with Gasteiger partial charge in [0.25, 0.3) is 5.91 Å². The molecule has 1 unspecified atom stereocenters. The van der Waals surface area contributed by atoms with Crippen molar-refractivity contribution in [3.8, 4) is 0 Å². The van der Waals surface area contributed by atoms with Gasteiger partial charge in [-0.3, -0.25) is 4.79 Å². The minimum absolute atomic E-state index is 0.0112. The van der Waals surface area contributed by atoms with Gasteiger partial charge in [-0.2, -0.15) is 0 Å². The first-order chi connectivity index (χ1) is 10.0. The molecule has 0 spiro atoms. The molecular weight excluding hydrogens is 277 g/mol. The highest BCUT2D eigenvalue weighted by Crippen LogP contribution is 2.24. The van der Waals surface area contributed by atoms with Crippen molar-refractivity contribution in [2.24, 2.45) is 5.92 Å². The first-order valence-electron chi connectivity index (χ1n) is 6.95. The van der Waals surface area contributed by atoms with Gasteiger partial charge in [0.1, 0.15) is 11.6 Å². The number of nitrogens with zero attached hydrogens (tertiary/aromatic N) is 1. The Morgan fingerprint density at radius 3 is 2.90 bits per heavy atom. The molecule has 5 nitrogen and oxygen atoms in total. The van der Waals surface area contributed by atoms with Gasteiger partial charge < -0.3 is 14.7 Å². The zero-order valence-corrected chi connectivity index (χ0v) is 11.8. The summed E-state index contributed by atoms with van der Waals surface area (Å²) in [7, 11) is 0. The molecule has 0 saturated carbocycles. The lowest BCUT2D eigenvalue weighted by atomic mass is 9.98.